The van der Waals surface area contributed by atoms with Gasteiger partial charge in [-0.3, -0.25) is 4.79 Å². The highest BCUT2D eigenvalue weighted by molar-refractivity contribution is 5.33. The highest BCUT2D eigenvalue weighted by Gasteiger charge is 2.32. The fourth-order valence-corrected chi connectivity index (χ4v) is 0.896. The summed E-state index contributed by atoms with van der Waals surface area (Å²) in [6.45, 7) is -0.201. The van der Waals surface area contributed by atoms with Gasteiger partial charge >= 0.3 is 6.36 Å². The minimum absolute atomic E-state index is 0.0606. The number of alkyl halides is 3. The molecule has 1 heterocycles. The molecule has 1 rings (SSSR count). The summed E-state index contributed by atoms with van der Waals surface area (Å²) in [5.74, 6) is -1.59. The number of pyridine rings is 1. The number of aromatic amines is 1. The average Bonchev–Trinajstić information content (AvgIpc) is 2.08. The van der Waals surface area contributed by atoms with E-state index in [0.717, 1.165) is 0 Å². The van der Waals surface area contributed by atoms with Gasteiger partial charge in [-0.1, -0.05) is 0 Å². The van der Waals surface area contributed by atoms with Gasteiger partial charge in [0.15, 0.2) is 5.75 Å². The van der Waals surface area contributed by atoms with E-state index in [2.05, 4.69) is 4.74 Å². The van der Waals surface area contributed by atoms with Crippen LogP contribution >= 0.6 is 0 Å². The zero-order chi connectivity index (χ0) is 11.6. The molecule has 5 nitrogen and oxygen atoms in total. The van der Waals surface area contributed by atoms with E-state index in [4.69, 9.17) is 10.8 Å². The third-order valence-corrected chi connectivity index (χ3v) is 1.50. The molecule has 0 aromatic carbocycles. The van der Waals surface area contributed by atoms with Crippen LogP contribution < -0.4 is 16.0 Å². The van der Waals surface area contributed by atoms with Crippen LogP contribution in [-0.4, -0.2) is 16.5 Å². The van der Waals surface area contributed by atoms with Gasteiger partial charge in [0, 0.05) is 12.6 Å². The van der Waals surface area contributed by atoms with Crippen molar-refractivity contribution in [1.82, 2.24) is 4.98 Å². The highest BCUT2D eigenvalue weighted by atomic mass is 19.4. The second-order valence-electron chi connectivity index (χ2n) is 2.58. The molecule has 1 aromatic rings. The molecule has 0 saturated carbocycles. The van der Waals surface area contributed by atoms with Crippen molar-refractivity contribution in [2.24, 2.45) is 5.73 Å². The predicted octanol–water partition coefficient (Wildman–Crippen LogP) is 0.438. The van der Waals surface area contributed by atoms with Crippen LogP contribution in [0.2, 0.25) is 0 Å². The van der Waals surface area contributed by atoms with E-state index < -0.39 is 23.4 Å². The molecule has 0 amide bonds. The smallest absolute Gasteiger partial charge is 0.506 e. The molecule has 0 fully saturated rings. The first kappa shape index (κ1) is 11.4. The van der Waals surface area contributed by atoms with Crippen molar-refractivity contribution >= 4 is 0 Å². The molecule has 1 aromatic heterocycles. The summed E-state index contributed by atoms with van der Waals surface area (Å²) in [6.07, 6.45) is -4.98. The number of nitrogens with one attached hydrogen (secondary N) is 1. The number of hydrogen-bond acceptors (Lipinski definition) is 4. The second kappa shape index (κ2) is 3.81. The van der Waals surface area contributed by atoms with Crippen LogP contribution in [0.5, 0.6) is 11.5 Å². The Morgan fingerprint density at radius 2 is 2.13 bits per heavy atom. The van der Waals surface area contributed by atoms with Crippen LogP contribution in [0, 0.1) is 0 Å². The molecule has 84 valence electrons. The van der Waals surface area contributed by atoms with Crippen molar-refractivity contribution in [1.29, 1.82) is 0 Å². The number of ether oxygens (including phenoxy) is 1. The SMILES string of the molecule is NCc1[nH]c(=O)c(OC(F)(F)F)cc1O. The third-order valence-electron chi connectivity index (χ3n) is 1.50. The Hall–Kier alpha value is -1.70. The maximum Gasteiger partial charge on any atom is 0.573 e. The molecule has 0 aliphatic rings. The lowest BCUT2D eigenvalue weighted by molar-refractivity contribution is -0.275. The Bertz CT molecular complexity index is 413. The summed E-state index contributed by atoms with van der Waals surface area (Å²) in [6, 6.07) is 0.564. The quantitative estimate of drug-likeness (QED) is 0.680. The number of H-pyrrole nitrogens is 1. The van der Waals surface area contributed by atoms with Crippen molar-refractivity contribution < 1.29 is 23.0 Å². The first-order valence-electron chi connectivity index (χ1n) is 3.74. The second-order valence-corrected chi connectivity index (χ2v) is 2.58. The van der Waals surface area contributed by atoms with Crippen molar-refractivity contribution in [3.8, 4) is 11.5 Å². The van der Waals surface area contributed by atoms with Gasteiger partial charge in [-0.2, -0.15) is 0 Å². The van der Waals surface area contributed by atoms with E-state index in [-0.39, 0.29) is 12.2 Å². The van der Waals surface area contributed by atoms with E-state index in [1.807, 2.05) is 4.98 Å². The minimum Gasteiger partial charge on any atom is -0.506 e. The molecule has 8 heteroatoms. The van der Waals surface area contributed by atoms with E-state index in [9.17, 15) is 18.0 Å². The fraction of sp³-hybridized carbons (Fsp3) is 0.286. The first-order valence-corrected chi connectivity index (χ1v) is 3.74. The lowest BCUT2D eigenvalue weighted by atomic mass is 10.3. The summed E-state index contributed by atoms with van der Waals surface area (Å²) < 4.78 is 38.6. The maximum atomic E-state index is 11.8. The van der Waals surface area contributed by atoms with Gasteiger partial charge in [0.2, 0.25) is 0 Å². The third kappa shape index (κ3) is 2.88. The first-order chi connectivity index (χ1) is 6.83. The minimum atomic E-state index is -4.98. The predicted molar refractivity (Wildman–Crippen MR) is 43.3 cm³/mol. The number of aromatic nitrogens is 1. The molecule has 4 N–H and O–H groups in total. The summed E-state index contributed by atoms with van der Waals surface area (Å²) in [4.78, 5) is 12.9. The fourth-order valence-electron chi connectivity index (χ4n) is 0.896. The topological polar surface area (TPSA) is 88.3 Å². The monoisotopic (exact) mass is 224 g/mol. The zero-order valence-corrected chi connectivity index (χ0v) is 7.26. The van der Waals surface area contributed by atoms with Crippen LogP contribution in [-0.2, 0) is 6.54 Å². The zero-order valence-electron chi connectivity index (χ0n) is 7.26. The Morgan fingerprint density at radius 3 is 2.60 bits per heavy atom. The summed E-state index contributed by atoms with van der Waals surface area (Å²) in [7, 11) is 0. The molecule has 0 bridgehead atoms. The molecule has 0 saturated heterocycles. The Balaban J connectivity index is 3.12. The van der Waals surface area contributed by atoms with E-state index in [1.54, 1.807) is 0 Å². The molecule has 0 aliphatic heterocycles. The van der Waals surface area contributed by atoms with Crippen LogP contribution in [0.15, 0.2) is 10.9 Å². The van der Waals surface area contributed by atoms with Gasteiger partial charge < -0.3 is 20.6 Å². The maximum absolute atomic E-state index is 11.8. The van der Waals surface area contributed by atoms with Gasteiger partial charge in [0.05, 0.1) is 5.69 Å². The van der Waals surface area contributed by atoms with Gasteiger partial charge in [-0.15, -0.1) is 13.2 Å². The molecule has 0 spiro atoms. The summed E-state index contributed by atoms with van der Waals surface area (Å²) in [5.41, 5.74) is 3.94. The number of nitrogens with two attached hydrogens (primary N) is 1. The van der Waals surface area contributed by atoms with Crippen molar-refractivity contribution in [2.75, 3.05) is 0 Å². The normalized spacial score (nSPS) is 11.5. The number of hydrogen-bond donors (Lipinski definition) is 3. The Morgan fingerprint density at radius 1 is 1.53 bits per heavy atom. The molecule has 15 heavy (non-hydrogen) atoms. The van der Waals surface area contributed by atoms with Gasteiger partial charge in [0.1, 0.15) is 5.75 Å². The molecular weight excluding hydrogens is 217 g/mol. The standard InChI is InChI=1S/C7H7F3N2O3/c8-7(9,10)15-5-1-4(13)3(2-11)12-6(5)14/h1,13H,2,11H2,(H,12,14). The number of aromatic hydroxyl groups is 1. The van der Waals surface area contributed by atoms with E-state index in [1.165, 1.54) is 0 Å². The molecule has 0 aliphatic carbocycles. The van der Waals surface area contributed by atoms with Crippen LogP contribution in [0.3, 0.4) is 0 Å². The molecule has 0 radical (unpaired) electrons. The van der Waals surface area contributed by atoms with Gasteiger partial charge in [-0.25, -0.2) is 0 Å². The van der Waals surface area contributed by atoms with Crippen molar-refractivity contribution in [3.05, 3.63) is 22.1 Å². The van der Waals surface area contributed by atoms with E-state index >= 15 is 0 Å². The van der Waals surface area contributed by atoms with Crippen molar-refractivity contribution in [2.45, 2.75) is 12.9 Å². The van der Waals surface area contributed by atoms with Crippen molar-refractivity contribution in [3.63, 3.8) is 0 Å². The Labute approximate surface area is 81.3 Å². The average molecular weight is 224 g/mol. The lowest BCUT2D eigenvalue weighted by Crippen LogP contribution is -2.23. The Kier molecular flexibility index (Phi) is 2.89. The molecular formula is C7H7F3N2O3. The highest BCUT2D eigenvalue weighted by Crippen LogP contribution is 2.23. The number of rotatable bonds is 2. The summed E-state index contributed by atoms with van der Waals surface area (Å²) in [5, 5.41) is 9.12. The van der Waals surface area contributed by atoms with Gasteiger partial charge in [0.25, 0.3) is 5.56 Å². The summed E-state index contributed by atoms with van der Waals surface area (Å²) >= 11 is 0. The lowest BCUT2D eigenvalue weighted by Gasteiger charge is -2.09. The van der Waals surface area contributed by atoms with Crippen LogP contribution in [0.1, 0.15) is 5.69 Å². The largest absolute Gasteiger partial charge is 0.573 e. The van der Waals surface area contributed by atoms with E-state index in [0.29, 0.717) is 6.07 Å². The molecule has 0 unspecified atom stereocenters. The van der Waals surface area contributed by atoms with Crippen LogP contribution in [0.25, 0.3) is 0 Å². The van der Waals surface area contributed by atoms with Gasteiger partial charge in [-0.05, 0) is 0 Å². The molecule has 0 atom stereocenters. The van der Waals surface area contributed by atoms with Crippen LogP contribution in [0.4, 0.5) is 13.2 Å². The number of halogens is 3.